The van der Waals surface area contributed by atoms with Gasteiger partial charge in [0, 0.05) is 5.56 Å². The minimum atomic E-state index is -0.654. The van der Waals surface area contributed by atoms with E-state index in [1.54, 1.807) is 31.2 Å². The third kappa shape index (κ3) is 2.88. The molecule has 0 heterocycles. The molecule has 0 aliphatic heterocycles. The van der Waals surface area contributed by atoms with Gasteiger partial charge in [-0.1, -0.05) is 18.2 Å². The fraction of sp³-hybridized carbons (Fsp3) is 0.333. The summed E-state index contributed by atoms with van der Waals surface area (Å²) in [7, 11) is 0. The molecule has 1 rings (SSSR count). The number of aliphatic hydroxyl groups is 1. The van der Waals surface area contributed by atoms with Gasteiger partial charge in [-0.15, -0.1) is 12.4 Å². The van der Waals surface area contributed by atoms with Gasteiger partial charge in [0.15, 0.2) is 0 Å². The fourth-order valence-electron chi connectivity index (χ4n) is 1.03. The van der Waals surface area contributed by atoms with E-state index in [0.717, 1.165) is 0 Å². The number of phenolic OH excluding ortho intramolecular Hbond substituents is 1. The second-order valence-corrected chi connectivity index (χ2v) is 2.83. The average molecular weight is 204 g/mol. The third-order valence-electron chi connectivity index (χ3n) is 1.82. The van der Waals surface area contributed by atoms with Crippen LogP contribution >= 0.6 is 12.4 Å². The van der Waals surface area contributed by atoms with Crippen LogP contribution in [0.1, 0.15) is 18.5 Å². The van der Waals surface area contributed by atoms with Crippen molar-refractivity contribution in [3.8, 4) is 5.75 Å². The Morgan fingerprint density at radius 3 is 2.31 bits per heavy atom. The second kappa shape index (κ2) is 5.07. The van der Waals surface area contributed by atoms with E-state index >= 15 is 0 Å². The standard InChI is InChI=1S/C9H13NO2.ClH/c1-6(11)9(10)7-4-2-3-5-8(7)12;/h2-6,9,11-12H,10H2,1H3;1H/t6-,9-;/m0./s1. The Morgan fingerprint density at radius 2 is 1.85 bits per heavy atom. The van der Waals surface area contributed by atoms with Crippen molar-refractivity contribution in [3.05, 3.63) is 29.8 Å². The molecule has 0 bridgehead atoms. The summed E-state index contributed by atoms with van der Waals surface area (Å²) in [5, 5.41) is 18.5. The molecule has 0 spiro atoms. The Hall–Kier alpha value is -0.770. The van der Waals surface area contributed by atoms with Crippen LogP contribution in [0.2, 0.25) is 0 Å². The highest BCUT2D eigenvalue weighted by Crippen LogP contribution is 2.23. The number of hydrogen-bond donors (Lipinski definition) is 3. The maximum atomic E-state index is 9.34. The minimum absolute atomic E-state index is 0. The van der Waals surface area contributed by atoms with E-state index in [9.17, 15) is 5.11 Å². The first-order valence-corrected chi connectivity index (χ1v) is 3.84. The van der Waals surface area contributed by atoms with E-state index in [2.05, 4.69) is 0 Å². The summed E-state index contributed by atoms with van der Waals surface area (Å²) in [6.45, 7) is 1.59. The van der Waals surface area contributed by atoms with E-state index in [0.29, 0.717) is 5.56 Å². The molecule has 13 heavy (non-hydrogen) atoms. The maximum absolute atomic E-state index is 9.34. The van der Waals surface area contributed by atoms with Crippen LogP contribution < -0.4 is 5.73 Å². The van der Waals surface area contributed by atoms with Crippen LogP contribution in [-0.2, 0) is 0 Å². The molecule has 0 aliphatic rings. The molecule has 4 heteroatoms. The van der Waals surface area contributed by atoms with Crippen molar-refractivity contribution >= 4 is 12.4 Å². The molecule has 0 fully saturated rings. The number of nitrogens with two attached hydrogens (primary N) is 1. The largest absolute Gasteiger partial charge is 0.508 e. The smallest absolute Gasteiger partial charge is 0.120 e. The molecule has 1 aromatic rings. The Labute approximate surface area is 83.6 Å². The predicted octanol–water partition coefficient (Wildman–Crippen LogP) is 1.19. The first kappa shape index (κ1) is 12.2. The van der Waals surface area contributed by atoms with Crippen LogP contribution in [0.25, 0.3) is 0 Å². The number of aliphatic hydroxyl groups excluding tert-OH is 1. The van der Waals surface area contributed by atoms with Gasteiger partial charge in [0.25, 0.3) is 0 Å². The number of benzene rings is 1. The number of halogens is 1. The van der Waals surface area contributed by atoms with Gasteiger partial charge in [-0.25, -0.2) is 0 Å². The van der Waals surface area contributed by atoms with Gasteiger partial charge in [0.2, 0.25) is 0 Å². The molecule has 0 saturated carbocycles. The van der Waals surface area contributed by atoms with Crippen molar-refractivity contribution in [1.29, 1.82) is 0 Å². The molecule has 0 radical (unpaired) electrons. The summed E-state index contributed by atoms with van der Waals surface area (Å²) in [4.78, 5) is 0. The number of aromatic hydroxyl groups is 1. The van der Waals surface area contributed by atoms with Gasteiger partial charge in [0.1, 0.15) is 5.75 Å². The zero-order valence-electron chi connectivity index (χ0n) is 7.34. The lowest BCUT2D eigenvalue weighted by molar-refractivity contribution is 0.163. The average Bonchev–Trinajstić information content (AvgIpc) is 2.04. The first-order valence-electron chi connectivity index (χ1n) is 3.84. The third-order valence-corrected chi connectivity index (χ3v) is 1.82. The summed E-state index contributed by atoms with van der Waals surface area (Å²) in [5.41, 5.74) is 6.20. The molecule has 1 aromatic carbocycles. The zero-order valence-corrected chi connectivity index (χ0v) is 8.16. The molecule has 74 valence electrons. The van der Waals surface area contributed by atoms with Gasteiger partial charge in [-0.05, 0) is 13.0 Å². The molecular formula is C9H14ClNO2. The zero-order chi connectivity index (χ0) is 9.14. The SMILES string of the molecule is C[C@H](O)[C@H](N)c1ccccc1O.Cl. The summed E-state index contributed by atoms with van der Waals surface area (Å²) in [6, 6.07) is 6.22. The van der Waals surface area contributed by atoms with Crippen LogP contribution in [0, 0.1) is 0 Å². The lowest BCUT2D eigenvalue weighted by Crippen LogP contribution is -2.23. The van der Waals surface area contributed by atoms with Crippen molar-refractivity contribution in [2.75, 3.05) is 0 Å². The number of phenols is 1. The fourth-order valence-corrected chi connectivity index (χ4v) is 1.03. The van der Waals surface area contributed by atoms with Crippen molar-refractivity contribution in [3.63, 3.8) is 0 Å². The molecule has 0 unspecified atom stereocenters. The quantitative estimate of drug-likeness (QED) is 0.677. The molecule has 4 N–H and O–H groups in total. The molecule has 2 atom stereocenters. The van der Waals surface area contributed by atoms with Crippen LogP contribution in [0.5, 0.6) is 5.75 Å². The van der Waals surface area contributed by atoms with E-state index < -0.39 is 12.1 Å². The molecule has 0 saturated heterocycles. The maximum Gasteiger partial charge on any atom is 0.120 e. The summed E-state index contributed by atoms with van der Waals surface area (Å²) in [5.74, 6) is 0.130. The Kier molecular flexibility index (Phi) is 4.77. The molecule has 0 aromatic heterocycles. The minimum Gasteiger partial charge on any atom is -0.508 e. The predicted molar refractivity (Wildman–Crippen MR) is 54.0 cm³/mol. The highest BCUT2D eigenvalue weighted by Gasteiger charge is 2.14. The Bertz CT molecular complexity index is 266. The number of para-hydroxylation sites is 1. The highest BCUT2D eigenvalue weighted by molar-refractivity contribution is 5.85. The van der Waals surface area contributed by atoms with Gasteiger partial charge < -0.3 is 15.9 Å². The number of rotatable bonds is 2. The van der Waals surface area contributed by atoms with Crippen LogP contribution in [0.15, 0.2) is 24.3 Å². The van der Waals surface area contributed by atoms with Crippen molar-refractivity contribution < 1.29 is 10.2 Å². The first-order chi connectivity index (χ1) is 5.63. The lowest BCUT2D eigenvalue weighted by Gasteiger charge is -2.15. The summed E-state index contributed by atoms with van der Waals surface area (Å²) < 4.78 is 0. The monoisotopic (exact) mass is 203 g/mol. The highest BCUT2D eigenvalue weighted by atomic mass is 35.5. The molecule has 3 nitrogen and oxygen atoms in total. The van der Waals surface area contributed by atoms with Gasteiger partial charge in [-0.2, -0.15) is 0 Å². The second-order valence-electron chi connectivity index (χ2n) is 2.83. The molecule has 0 aliphatic carbocycles. The van der Waals surface area contributed by atoms with Gasteiger partial charge in [0.05, 0.1) is 12.1 Å². The topological polar surface area (TPSA) is 66.5 Å². The Balaban J connectivity index is 0.00000144. The summed E-state index contributed by atoms with van der Waals surface area (Å²) in [6.07, 6.45) is -0.654. The van der Waals surface area contributed by atoms with E-state index in [4.69, 9.17) is 10.8 Å². The van der Waals surface area contributed by atoms with Crippen molar-refractivity contribution in [2.45, 2.75) is 19.1 Å². The summed E-state index contributed by atoms with van der Waals surface area (Å²) >= 11 is 0. The van der Waals surface area contributed by atoms with Gasteiger partial charge >= 0.3 is 0 Å². The molecule has 0 amide bonds. The normalized spacial score (nSPS) is 14.4. The van der Waals surface area contributed by atoms with E-state index in [1.807, 2.05) is 0 Å². The van der Waals surface area contributed by atoms with Crippen LogP contribution in [-0.4, -0.2) is 16.3 Å². The van der Waals surface area contributed by atoms with Crippen molar-refractivity contribution in [1.82, 2.24) is 0 Å². The van der Waals surface area contributed by atoms with Crippen LogP contribution in [0.3, 0.4) is 0 Å². The lowest BCUT2D eigenvalue weighted by atomic mass is 10.0. The van der Waals surface area contributed by atoms with Gasteiger partial charge in [-0.3, -0.25) is 0 Å². The Morgan fingerprint density at radius 1 is 1.31 bits per heavy atom. The van der Waals surface area contributed by atoms with E-state index in [-0.39, 0.29) is 18.2 Å². The van der Waals surface area contributed by atoms with Crippen molar-refractivity contribution in [2.24, 2.45) is 5.73 Å². The van der Waals surface area contributed by atoms with E-state index in [1.165, 1.54) is 0 Å². The molecular weight excluding hydrogens is 190 g/mol. The van der Waals surface area contributed by atoms with Crippen LogP contribution in [0.4, 0.5) is 0 Å². The number of hydrogen-bond acceptors (Lipinski definition) is 3.